The van der Waals surface area contributed by atoms with Crippen molar-refractivity contribution in [2.45, 2.75) is 18.4 Å². The summed E-state index contributed by atoms with van der Waals surface area (Å²) in [6.07, 6.45) is 5.59. The Morgan fingerprint density at radius 2 is 1.70 bits per heavy atom. The second-order valence-electron chi connectivity index (χ2n) is 6.19. The number of pyridine rings is 1. The van der Waals surface area contributed by atoms with Crippen LogP contribution in [0.1, 0.15) is 28.7 Å². The molecule has 1 saturated heterocycles. The molecule has 4 heteroatoms. The van der Waals surface area contributed by atoms with Crippen molar-refractivity contribution in [2.24, 2.45) is 0 Å². The van der Waals surface area contributed by atoms with Crippen molar-refractivity contribution >= 4 is 0 Å². The van der Waals surface area contributed by atoms with Crippen LogP contribution in [0.4, 0.5) is 0 Å². The van der Waals surface area contributed by atoms with E-state index < -0.39 is 0 Å². The van der Waals surface area contributed by atoms with Crippen LogP contribution in [0.15, 0.2) is 67.1 Å². The van der Waals surface area contributed by atoms with Crippen LogP contribution < -0.4 is 0 Å². The lowest BCUT2D eigenvalue weighted by atomic mass is 9.87. The molecule has 1 N–H and O–H groups in total. The Morgan fingerprint density at radius 3 is 2.43 bits per heavy atom. The Balaban J connectivity index is 1.59. The topological polar surface area (TPSA) is 44.8 Å². The van der Waals surface area contributed by atoms with Crippen molar-refractivity contribution in [3.8, 4) is 0 Å². The maximum Gasteiger partial charge on any atom is 0.0490 e. The van der Waals surface area contributed by atoms with E-state index >= 15 is 0 Å². The highest BCUT2D eigenvalue weighted by Crippen LogP contribution is 2.39. The van der Waals surface area contributed by atoms with Crippen LogP contribution >= 0.6 is 0 Å². The molecule has 0 bridgehead atoms. The van der Waals surface area contributed by atoms with Gasteiger partial charge in [-0.15, -0.1) is 0 Å². The monoisotopic (exact) mass is 304 g/mol. The number of likely N-dealkylation sites (tertiary alicyclic amines) is 1. The normalized spacial score (nSPS) is 21.6. The minimum atomic E-state index is 0.460. The van der Waals surface area contributed by atoms with Gasteiger partial charge < -0.3 is 0 Å². The molecule has 3 heterocycles. The second kappa shape index (κ2) is 6.34. The maximum absolute atomic E-state index is 4.15. The number of rotatable bonds is 4. The summed E-state index contributed by atoms with van der Waals surface area (Å²) < 4.78 is 0. The summed E-state index contributed by atoms with van der Waals surface area (Å²) in [7, 11) is 0. The average Bonchev–Trinajstić information content (AvgIpc) is 3.26. The standard InChI is InChI=1S/C19H20N4/c1-2-4-16(5-3-1)17-13-23(12-15-6-9-20-10-7-15)14-18(17)19-8-11-21-22-19/h1-11,17-18H,12-14H2,(H,21,22)/t17-,18+/m0/s1. The molecule has 2 aromatic heterocycles. The van der Waals surface area contributed by atoms with Crippen molar-refractivity contribution in [3.63, 3.8) is 0 Å². The van der Waals surface area contributed by atoms with Gasteiger partial charge in [0.1, 0.15) is 0 Å². The average molecular weight is 304 g/mol. The molecule has 0 aliphatic carbocycles. The number of aromatic amines is 1. The molecule has 0 amide bonds. The minimum absolute atomic E-state index is 0.460. The number of hydrogen-bond acceptors (Lipinski definition) is 3. The Hall–Kier alpha value is -2.46. The Labute approximate surface area is 136 Å². The molecular weight excluding hydrogens is 284 g/mol. The lowest BCUT2D eigenvalue weighted by molar-refractivity contribution is 0.323. The third kappa shape index (κ3) is 3.03. The van der Waals surface area contributed by atoms with Crippen LogP contribution in [0, 0.1) is 0 Å². The SMILES string of the molecule is c1ccc([C@@H]2CN(Cc3ccncc3)C[C@H]2c2ccn[nH]2)cc1. The zero-order chi connectivity index (χ0) is 15.5. The summed E-state index contributed by atoms with van der Waals surface area (Å²) in [6.45, 7) is 3.08. The van der Waals surface area contributed by atoms with Gasteiger partial charge in [-0.05, 0) is 29.3 Å². The van der Waals surface area contributed by atoms with Gasteiger partial charge in [-0.25, -0.2) is 0 Å². The molecule has 116 valence electrons. The van der Waals surface area contributed by atoms with Crippen LogP contribution in [0.3, 0.4) is 0 Å². The zero-order valence-corrected chi connectivity index (χ0v) is 13.0. The maximum atomic E-state index is 4.15. The molecular formula is C19H20N4. The molecule has 1 fully saturated rings. The first-order valence-electron chi connectivity index (χ1n) is 8.05. The molecule has 0 spiro atoms. The van der Waals surface area contributed by atoms with Crippen molar-refractivity contribution in [3.05, 3.63) is 83.9 Å². The Bertz CT molecular complexity index is 725. The molecule has 23 heavy (non-hydrogen) atoms. The van der Waals surface area contributed by atoms with Gasteiger partial charge in [0.2, 0.25) is 0 Å². The summed E-state index contributed by atoms with van der Waals surface area (Å²) in [5.41, 5.74) is 3.96. The molecule has 1 aromatic carbocycles. The van der Waals surface area contributed by atoms with Crippen LogP contribution in [0.5, 0.6) is 0 Å². The number of H-pyrrole nitrogens is 1. The van der Waals surface area contributed by atoms with Crippen molar-refractivity contribution < 1.29 is 0 Å². The number of aromatic nitrogens is 3. The fourth-order valence-electron chi connectivity index (χ4n) is 3.59. The van der Waals surface area contributed by atoms with Crippen LogP contribution in [-0.2, 0) is 6.54 Å². The van der Waals surface area contributed by atoms with Gasteiger partial charge in [0.05, 0.1) is 0 Å². The van der Waals surface area contributed by atoms with E-state index in [-0.39, 0.29) is 0 Å². The van der Waals surface area contributed by atoms with E-state index in [1.165, 1.54) is 16.8 Å². The highest BCUT2D eigenvalue weighted by atomic mass is 15.2. The van der Waals surface area contributed by atoms with E-state index in [1.807, 2.05) is 18.6 Å². The second-order valence-corrected chi connectivity index (χ2v) is 6.19. The van der Waals surface area contributed by atoms with Gasteiger partial charge in [-0.1, -0.05) is 30.3 Å². The highest BCUT2D eigenvalue weighted by molar-refractivity contribution is 5.28. The van der Waals surface area contributed by atoms with Gasteiger partial charge in [0.15, 0.2) is 0 Å². The third-order valence-corrected chi connectivity index (χ3v) is 4.70. The van der Waals surface area contributed by atoms with Crippen LogP contribution in [0.25, 0.3) is 0 Å². The van der Waals surface area contributed by atoms with Gasteiger partial charge in [-0.3, -0.25) is 15.0 Å². The summed E-state index contributed by atoms with van der Waals surface area (Å²) in [6, 6.07) is 17.1. The molecule has 1 aliphatic heterocycles. The van der Waals surface area contributed by atoms with Crippen molar-refractivity contribution in [1.29, 1.82) is 0 Å². The predicted octanol–water partition coefficient (Wildman–Crippen LogP) is 3.19. The van der Waals surface area contributed by atoms with Crippen LogP contribution in [0.2, 0.25) is 0 Å². The van der Waals surface area contributed by atoms with E-state index in [0.29, 0.717) is 11.8 Å². The van der Waals surface area contributed by atoms with Gasteiger partial charge >= 0.3 is 0 Å². The van der Waals surface area contributed by atoms with Gasteiger partial charge in [0.25, 0.3) is 0 Å². The van der Waals surface area contributed by atoms with Gasteiger partial charge in [0, 0.05) is 55.8 Å². The first-order valence-corrected chi connectivity index (χ1v) is 8.05. The largest absolute Gasteiger partial charge is 0.298 e. The lowest BCUT2D eigenvalue weighted by Gasteiger charge is -2.17. The lowest BCUT2D eigenvalue weighted by Crippen LogP contribution is -2.20. The van der Waals surface area contributed by atoms with E-state index in [4.69, 9.17) is 0 Å². The molecule has 0 unspecified atom stereocenters. The minimum Gasteiger partial charge on any atom is -0.298 e. The fourth-order valence-corrected chi connectivity index (χ4v) is 3.59. The van der Waals surface area contributed by atoms with E-state index in [0.717, 1.165) is 19.6 Å². The van der Waals surface area contributed by atoms with E-state index in [2.05, 4.69) is 68.6 Å². The summed E-state index contributed by atoms with van der Waals surface area (Å²) in [4.78, 5) is 6.63. The highest BCUT2D eigenvalue weighted by Gasteiger charge is 2.35. The Kier molecular flexibility index (Phi) is 3.90. The van der Waals surface area contributed by atoms with E-state index in [9.17, 15) is 0 Å². The Morgan fingerprint density at radius 1 is 0.913 bits per heavy atom. The number of nitrogens with one attached hydrogen (secondary N) is 1. The van der Waals surface area contributed by atoms with Crippen molar-refractivity contribution in [1.82, 2.24) is 20.1 Å². The van der Waals surface area contributed by atoms with Crippen LogP contribution in [-0.4, -0.2) is 33.2 Å². The molecule has 0 radical (unpaired) electrons. The quantitative estimate of drug-likeness (QED) is 0.805. The van der Waals surface area contributed by atoms with Gasteiger partial charge in [-0.2, -0.15) is 5.10 Å². The third-order valence-electron chi connectivity index (χ3n) is 4.70. The molecule has 2 atom stereocenters. The summed E-state index contributed by atoms with van der Waals surface area (Å²) in [5.74, 6) is 0.959. The van der Waals surface area contributed by atoms with E-state index in [1.54, 1.807) is 0 Å². The molecule has 4 nitrogen and oxygen atoms in total. The first kappa shape index (κ1) is 14.2. The molecule has 1 aliphatic rings. The number of benzene rings is 1. The summed E-state index contributed by atoms with van der Waals surface area (Å²) in [5, 5.41) is 7.33. The smallest absolute Gasteiger partial charge is 0.0490 e. The first-order chi connectivity index (χ1) is 11.4. The fraction of sp³-hybridized carbons (Fsp3) is 0.263. The predicted molar refractivity (Wildman–Crippen MR) is 90.0 cm³/mol. The van der Waals surface area contributed by atoms with Crippen molar-refractivity contribution in [2.75, 3.05) is 13.1 Å². The zero-order valence-electron chi connectivity index (χ0n) is 13.0. The summed E-state index contributed by atoms with van der Waals surface area (Å²) >= 11 is 0. The molecule has 0 saturated carbocycles. The number of hydrogen-bond donors (Lipinski definition) is 1. The molecule has 3 aromatic rings. The number of nitrogens with zero attached hydrogens (tertiary/aromatic N) is 3. The molecule has 4 rings (SSSR count).